The summed E-state index contributed by atoms with van der Waals surface area (Å²) in [6.07, 6.45) is 4.03. The fraction of sp³-hybridized carbons (Fsp3) is 0.688. The Hall–Kier alpha value is -0.780. The molecule has 4 nitrogen and oxygen atoms in total. The van der Waals surface area contributed by atoms with Crippen LogP contribution in [-0.4, -0.2) is 24.8 Å². The molecule has 1 unspecified atom stereocenters. The zero-order valence-electron chi connectivity index (χ0n) is 13.5. The van der Waals surface area contributed by atoms with Gasteiger partial charge in [0.15, 0.2) is 0 Å². The fourth-order valence-electron chi connectivity index (χ4n) is 2.60. The SMILES string of the molecule is CC(C)(C)OC(=O)NCCCNC1CCCc2sc(Cl)cc21. The topological polar surface area (TPSA) is 50.4 Å². The molecule has 1 aromatic heterocycles. The van der Waals surface area contributed by atoms with Crippen molar-refractivity contribution in [3.63, 3.8) is 0 Å². The maximum absolute atomic E-state index is 11.5. The lowest BCUT2D eigenvalue weighted by Gasteiger charge is -2.24. The fourth-order valence-corrected chi connectivity index (χ4v) is 3.99. The molecule has 1 heterocycles. The van der Waals surface area contributed by atoms with Gasteiger partial charge in [0, 0.05) is 17.5 Å². The highest BCUT2D eigenvalue weighted by Gasteiger charge is 2.22. The molecule has 1 atom stereocenters. The second kappa shape index (κ2) is 7.66. The van der Waals surface area contributed by atoms with E-state index in [4.69, 9.17) is 16.3 Å². The Morgan fingerprint density at radius 3 is 2.95 bits per heavy atom. The summed E-state index contributed by atoms with van der Waals surface area (Å²) in [5, 5.41) is 6.35. The molecule has 1 aliphatic carbocycles. The van der Waals surface area contributed by atoms with Crippen molar-refractivity contribution in [3.05, 3.63) is 20.8 Å². The van der Waals surface area contributed by atoms with Gasteiger partial charge in [-0.25, -0.2) is 4.79 Å². The van der Waals surface area contributed by atoms with Crippen LogP contribution in [0, 0.1) is 0 Å². The minimum Gasteiger partial charge on any atom is -0.444 e. The Kier molecular flexibility index (Phi) is 6.12. The van der Waals surface area contributed by atoms with Gasteiger partial charge in [-0.15, -0.1) is 11.3 Å². The third-order valence-electron chi connectivity index (χ3n) is 3.50. The lowest BCUT2D eigenvalue weighted by molar-refractivity contribution is 0.0527. The standard InChI is InChI=1S/C16H25ClN2O2S/c1-16(2,3)21-15(20)19-9-5-8-18-12-6-4-7-13-11(12)10-14(17)22-13/h10,12,18H,4-9H2,1-3H3,(H,19,20). The summed E-state index contributed by atoms with van der Waals surface area (Å²) in [4.78, 5) is 12.9. The Balaban J connectivity index is 1.67. The molecular formula is C16H25ClN2O2S. The number of hydrogen-bond donors (Lipinski definition) is 2. The van der Waals surface area contributed by atoms with Crippen LogP contribution in [0.3, 0.4) is 0 Å². The maximum atomic E-state index is 11.5. The predicted octanol–water partition coefficient (Wildman–Crippen LogP) is 4.28. The van der Waals surface area contributed by atoms with E-state index in [9.17, 15) is 4.79 Å². The molecule has 0 saturated carbocycles. The van der Waals surface area contributed by atoms with E-state index in [1.807, 2.05) is 20.8 Å². The van der Waals surface area contributed by atoms with Crippen LogP contribution in [0.5, 0.6) is 0 Å². The monoisotopic (exact) mass is 344 g/mol. The van der Waals surface area contributed by atoms with E-state index in [2.05, 4.69) is 16.7 Å². The molecule has 2 rings (SSSR count). The van der Waals surface area contributed by atoms with E-state index in [0.717, 1.165) is 30.1 Å². The predicted molar refractivity (Wildman–Crippen MR) is 91.9 cm³/mol. The highest BCUT2D eigenvalue weighted by Crippen LogP contribution is 2.37. The van der Waals surface area contributed by atoms with Gasteiger partial charge in [-0.3, -0.25) is 0 Å². The van der Waals surface area contributed by atoms with E-state index in [-0.39, 0.29) is 6.09 Å². The van der Waals surface area contributed by atoms with Crippen LogP contribution in [0.15, 0.2) is 6.07 Å². The molecule has 0 radical (unpaired) electrons. The summed E-state index contributed by atoms with van der Waals surface area (Å²) in [7, 11) is 0. The smallest absolute Gasteiger partial charge is 0.407 e. The van der Waals surface area contributed by atoms with Crippen molar-refractivity contribution in [1.29, 1.82) is 0 Å². The molecule has 0 bridgehead atoms. The first-order chi connectivity index (χ1) is 10.3. The van der Waals surface area contributed by atoms with Crippen molar-refractivity contribution in [3.8, 4) is 0 Å². The molecule has 6 heteroatoms. The molecule has 22 heavy (non-hydrogen) atoms. The summed E-state index contributed by atoms with van der Waals surface area (Å²) in [5.41, 5.74) is 0.917. The number of rotatable bonds is 5. The molecule has 2 N–H and O–H groups in total. The summed E-state index contributed by atoms with van der Waals surface area (Å²) >= 11 is 7.82. The minimum absolute atomic E-state index is 0.350. The number of amides is 1. The van der Waals surface area contributed by atoms with Crippen LogP contribution in [0.25, 0.3) is 0 Å². The minimum atomic E-state index is -0.445. The second-order valence-corrected chi connectivity index (χ2v) is 8.38. The van der Waals surface area contributed by atoms with Gasteiger partial charge in [-0.05, 0) is 64.6 Å². The first kappa shape index (κ1) is 17.6. The third kappa shape index (κ3) is 5.45. The zero-order valence-corrected chi connectivity index (χ0v) is 15.1. The van der Waals surface area contributed by atoms with Gasteiger partial charge in [0.25, 0.3) is 0 Å². The average Bonchev–Trinajstić information content (AvgIpc) is 2.77. The second-order valence-electron chi connectivity index (χ2n) is 6.61. The van der Waals surface area contributed by atoms with Crippen LogP contribution in [0.2, 0.25) is 4.34 Å². The van der Waals surface area contributed by atoms with Crippen LogP contribution < -0.4 is 10.6 Å². The number of ether oxygens (including phenoxy) is 1. The molecule has 0 aliphatic heterocycles. The van der Waals surface area contributed by atoms with E-state index in [1.54, 1.807) is 11.3 Å². The number of nitrogens with one attached hydrogen (secondary N) is 2. The van der Waals surface area contributed by atoms with Gasteiger partial charge in [0.1, 0.15) is 5.60 Å². The number of halogens is 1. The van der Waals surface area contributed by atoms with Gasteiger partial charge in [-0.1, -0.05) is 11.6 Å². The summed E-state index contributed by atoms with van der Waals surface area (Å²) in [6.45, 7) is 7.07. The van der Waals surface area contributed by atoms with Gasteiger partial charge < -0.3 is 15.4 Å². The van der Waals surface area contributed by atoms with Gasteiger partial charge in [0.2, 0.25) is 0 Å². The third-order valence-corrected chi connectivity index (χ3v) is 4.84. The molecule has 0 aromatic carbocycles. The van der Waals surface area contributed by atoms with E-state index in [1.165, 1.54) is 16.9 Å². The number of carbonyl (C=O) groups excluding carboxylic acids is 1. The lowest BCUT2D eigenvalue weighted by Crippen LogP contribution is -2.34. The highest BCUT2D eigenvalue weighted by atomic mass is 35.5. The van der Waals surface area contributed by atoms with Crippen LogP contribution >= 0.6 is 22.9 Å². The lowest BCUT2D eigenvalue weighted by atomic mass is 9.94. The first-order valence-corrected chi connectivity index (χ1v) is 9.03. The van der Waals surface area contributed by atoms with E-state index < -0.39 is 5.60 Å². The Morgan fingerprint density at radius 1 is 1.45 bits per heavy atom. The van der Waals surface area contributed by atoms with Gasteiger partial charge in [-0.2, -0.15) is 0 Å². The largest absolute Gasteiger partial charge is 0.444 e. The van der Waals surface area contributed by atoms with Crippen LogP contribution in [0.4, 0.5) is 4.79 Å². The highest BCUT2D eigenvalue weighted by molar-refractivity contribution is 7.16. The van der Waals surface area contributed by atoms with Crippen LogP contribution in [-0.2, 0) is 11.2 Å². The molecule has 124 valence electrons. The zero-order chi connectivity index (χ0) is 16.2. The van der Waals surface area contributed by atoms with Crippen molar-refractivity contribution in [2.75, 3.05) is 13.1 Å². The summed E-state index contributed by atoms with van der Waals surface area (Å²) in [6, 6.07) is 2.49. The molecule has 0 saturated heterocycles. The molecule has 1 aliphatic rings. The first-order valence-electron chi connectivity index (χ1n) is 7.83. The molecule has 0 spiro atoms. The van der Waals surface area contributed by atoms with Crippen LogP contribution in [0.1, 0.15) is 56.5 Å². The number of alkyl carbamates (subject to hydrolysis) is 1. The maximum Gasteiger partial charge on any atom is 0.407 e. The number of fused-ring (bicyclic) bond motifs is 1. The van der Waals surface area contributed by atoms with Crippen molar-refractivity contribution >= 4 is 29.0 Å². The van der Waals surface area contributed by atoms with Crippen molar-refractivity contribution in [2.24, 2.45) is 0 Å². The summed E-state index contributed by atoms with van der Waals surface area (Å²) in [5.74, 6) is 0. The van der Waals surface area contributed by atoms with E-state index >= 15 is 0 Å². The van der Waals surface area contributed by atoms with Crippen molar-refractivity contribution < 1.29 is 9.53 Å². The Bertz CT molecular complexity index is 511. The van der Waals surface area contributed by atoms with Gasteiger partial charge in [0.05, 0.1) is 4.34 Å². The summed E-state index contributed by atoms with van der Waals surface area (Å²) < 4.78 is 6.08. The van der Waals surface area contributed by atoms with E-state index in [0.29, 0.717) is 12.6 Å². The Morgan fingerprint density at radius 2 is 2.23 bits per heavy atom. The average molecular weight is 345 g/mol. The molecular weight excluding hydrogens is 320 g/mol. The normalized spacial score (nSPS) is 17.9. The number of thiophene rings is 1. The molecule has 1 amide bonds. The van der Waals surface area contributed by atoms with Gasteiger partial charge >= 0.3 is 6.09 Å². The number of aryl methyl sites for hydroxylation is 1. The number of carbonyl (C=O) groups is 1. The Labute approximate surface area is 141 Å². The van der Waals surface area contributed by atoms with Crippen molar-refractivity contribution in [1.82, 2.24) is 10.6 Å². The van der Waals surface area contributed by atoms with Crippen molar-refractivity contribution in [2.45, 2.75) is 58.1 Å². The number of hydrogen-bond acceptors (Lipinski definition) is 4. The molecule has 0 fully saturated rings. The molecule has 1 aromatic rings. The quantitative estimate of drug-likeness (QED) is 0.784.